The highest BCUT2D eigenvalue weighted by Crippen LogP contribution is 2.25. The number of unbranched alkanes of at least 4 members (excludes halogenated alkanes) is 30. The lowest BCUT2D eigenvalue weighted by Gasteiger charge is -2.35. The number of hydrogen-bond acceptors (Lipinski definition) is 2. The molecule has 0 bridgehead atoms. The fourth-order valence-electron chi connectivity index (χ4n) is 7.30. The molecule has 0 amide bonds. The van der Waals surface area contributed by atoms with E-state index in [9.17, 15) is 0 Å². The molecule has 0 radical (unpaired) electrons. The molecule has 0 fully saturated rings. The summed E-state index contributed by atoms with van der Waals surface area (Å²) in [5.41, 5.74) is 0. The topological polar surface area (TPSA) is 6.48 Å². The van der Waals surface area contributed by atoms with E-state index in [1.807, 2.05) is 0 Å². The summed E-state index contributed by atoms with van der Waals surface area (Å²) >= 11 is 0. The molecule has 2 nitrogen and oxygen atoms in total. The molecule has 1 atom stereocenters. The fourth-order valence-corrected chi connectivity index (χ4v) is 7.30. The van der Waals surface area contributed by atoms with E-state index in [0.29, 0.717) is 12.2 Å². The van der Waals surface area contributed by atoms with Gasteiger partial charge in [-0.1, -0.05) is 206 Å². The van der Waals surface area contributed by atoms with Crippen LogP contribution in [0.4, 0.5) is 0 Å². The van der Waals surface area contributed by atoms with Crippen molar-refractivity contribution in [3.8, 4) is 0 Å². The molecule has 0 aromatic heterocycles. The largest absolute Gasteiger partial charge is 0.356 e. The molecule has 1 rings (SSSR count). The SMILES string of the molecule is CCCCCCCCCCCCCCCCCCC1N(CCCCCCCCCCCCCCCCCC)C=CN1C(C)C. The Kier molecular flexibility index (Phi) is 30.4. The highest BCUT2D eigenvalue weighted by atomic mass is 15.4. The van der Waals surface area contributed by atoms with Crippen molar-refractivity contribution in [2.75, 3.05) is 6.54 Å². The molecule has 1 aliphatic rings. The van der Waals surface area contributed by atoms with Crippen LogP contribution in [-0.2, 0) is 0 Å². The Balaban J connectivity index is 1.96. The Bertz CT molecular complexity index is 584. The Morgan fingerprint density at radius 2 is 0.682 bits per heavy atom. The third-order valence-electron chi connectivity index (χ3n) is 10.3. The van der Waals surface area contributed by atoms with E-state index < -0.39 is 0 Å². The van der Waals surface area contributed by atoms with Crippen LogP contribution >= 0.6 is 0 Å². The van der Waals surface area contributed by atoms with Crippen LogP contribution in [0.25, 0.3) is 0 Å². The lowest BCUT2D eigenvalue weighted by molar-refractivity contribution is 0.114. The summed E-state index contributed by atoms with van der Waals surface area (Å²) < 4.78 is 0. The van der Waals surface area contributed by atoms with Crippen molar-refractivity contribution in [1.29, 1.82) is 0 Å². The van der Waals surface area contributed by atoms with Gasteiger partial charge in [0.15, 0.2) is 0 Å². The first kappa shape index (κ1) is 41.4. The van der Waals surface area contributed by atoms with Crippen molar-refractivity contribution < 1.29 is 0 Å². The first-order valence-electron chi connectivity index (χ1n) is 20.9. The Morgan fingerprint density at radius 1 is 0.386 bits per heavy atom. The molecule has 0 aliphatic carbocycles. The second-order valence-corrected chi connectivity index (χ2v) is 15.0. The lowest BCUT2D eigenvalue weighted by Crippen LogP contribution is -2.42. The molecule has 0 aromatic rings. The van der Waals surface area contributed by atoms with E-state index in [0.717, 1.165) is 0 Å². The maximum Gasteiger partial charge on any atom is 0.101 e. The highest BCUT2D eigenvalue weighted by Gasteiger charge is 2.26. The monoisotopic (exact) mass is 617 g/mol. The van der Waals surface area contributed by atoms with E-state index in [4.69, 9.17) is 0 Å². The zero-order valence-corrected chi connectivity index (χ0v) is 31.2. The van der Waals surface area contributed by atoms with E-state index in [1.54, 1.807) is 0 Å². The summed E-state index contributed by atoms with van der Waals surface area (Å²) in [4.78, 5) is 5.30. The van der Waals surface area contributed by atoms with Gasteiger partial charge in [0.05, 0.1) is 0 Å². The minimum atomic E-state index is 0.605. The van der Waals surface area contributed by atoms with Crippen molar-refractivity contribution >= 4 is 0 Å². The molecule has 0 N–H and O–H groups in total. The van der Waals surface area contributed by atoms with Gasteiger partial charge in [-0.05, 0) is 33.1 Å². The summed E-state index contributed by atoms with van der Waals surface area (Å²) in [5.74, 6) is 0. The molecule has 1 heterocycles. The van der Waals surface area contributed by atoms with Gasteiger partial charge >= 0.3 is 0 Å². The normalized spacial score (nSPS) is 15.0. The summed E-state index contributed by atoms with van der Waals surface area (Å²) in [6, 6.07) is 0.605. The van der Waals surface area contributed by atoms with Crippen LogP contribution in [0.1, 0.15) is 240 Å². The molecule has 1 aliphatic heterocycles. The molecule has 0 spiro atoms. The highest BCUT2D eigenvalue weighted by molar-refractivity contribution is 4.98. The molecule has 44 heavy (non-hydrogen) atoms. The minimum absolute atomic E-state index is 0.605. The van der Waals surface area contributed by atoms with Crippen LogP contribution in [0.5, 0.6) is 0 Å². The smallest absolute Gasteiger partial charge is 0.101 e. The van der Waals surface area contributed by atoms with Crippen LogP contribution in [0, 0.1) is 0 Å². The predicted molar refractivity (Wildman–Crippen MR) is 200 cm³/mol. The molecule has 0 saturated carbocycles. The Morgan fingerprint density at radius 3 is 1.00 bits per heavy atom. The van der Waals surface area contributed by atoms with E-state index in [1.165, 1.54) is 218 Å². The number of hydrogen-bond donors (Lipinski definition) is 0. The zero-order valence-electron chi connectivity index (χ0n) is 31.2. The third-order valence-corrected chi connectivity index (χ3v) is 10.3. The van der Waals surface area contributed by atoms with Crippen molar-refractivity contribution in [3.05, 3.63) is 12.4 Å². The Hall–Kier alpha value is -0.660. The standard InChI is InChI=1S/C42H84N2/c1-5-7-9-11-13-15-17-19-21-23-25-27-29-31-33-35-37-42-43(39-40-44(42)41(3)4)38-36-34-32-30-28-26-24-22-20-18-16-14-12-10-8-6-2/h39-42H,5-38H2,1-4H3. The summed E-state index contributed by atoms with van der Waals surface area (Å²) in [6.45, 7) is 10.6. The average Bonchev–Trinajstić information content (AvgIpc) is 3.43. The second kappa shape index (κ2) is 32.3. The van der Waals surface area contributed by atoms with Gasteiger partial charge in [0, 0.05) is 25.0 Å². The summed E-state index contributed by atoms with van der Waals surface area (Å²) in [6.07, 6.45) is 53.2. The fraction of sp³-hybridized carbons (Fsp3) is 0.952. The lowest BCUT2D eigenvalue weighted by atomic mass is 10.0. The second-order valence-electron chi connectivity index (χ2n) is 15.0. The first-order valence-corrected chi connectivity index (χ1v) is 20.9. The average molecular weight is 617 g/mol. The first-order chi connectivity index (χ1) is 21.7. The van der Waals surface area contributed by atoms with Crippen molar-refractivity contribution in [2.45, 2.75) is 252 Å². The Labute approximate surface area is 280 Å². The van der Waals surface area contributed by atoms with E-state index >= 15 is 0 Å². The molecular formula is C42H84N2. The molecule has 0 aromatic carbocycles. The maximum absolute atomic E-state index is 2.68. The van der Waals surface area contributed by atoms with Gasteiger partial charge in [-0.25, -0.2) is 0 Å². The van der Waals surface area contributed by atoms with Gasteiger partial charge in [0.2, 0.25) is 0 Å². The predicted octanol–water partition coefficient (Wildman–Crippen LogP) is 14.7. The molecule has 262 valence electrons. The molecule has 0 saturated heterocycles. The van der Waals surface area contributed by atoms with Gasteiger partial charge in [-0.3, -0.25) is 0 Å². The van der Waals surface area contributed by atoms with Crippen LogP contribution < -0.4 is 0 Å². The van der Waals surface area contributed by atoms with E-state index in [-0.39, 0.29) is 0 Å². The van der Waals surface area contributed by atoms with Gasteiger partial charge in [-0.2, -0.15) is 0 Å². The summed E-state index contributed by atoms with van der Waals surface area (Å²) in [5, 5.41) is 0. The van der Waals surface area contributed by atoms with Crippen LogP contribution in [0.2, 0.25) is 0 Å². The van der Waals surface area contributed by atoms with Gasteiger partial charge in [0.1, 0.15) is 6.17 Å². The van der Waals surface area contributed by atoms with Crippen LogP contribution in [0.3, 0.4) is 0 Å². The quantitative estimate of drug-likeness (QED) is 0.0654. The molecule has 2 heteroatoms. The number of rotatable bonds is 35. The minimum Gasteiger partial charge on any atom is -0.356 e. The van der Waals surface area contributed by atoms with Crippen molar-refractivity contribution in [2.24, 2.45) is 0 Å². The number of nitrogens with zero attached hydrogens (tertiary/aromatic N) is 2. The maximum atomic E-state index is 2.68. The van der Waals surface area contributed by atoms with Crippen molar-refractivity contribution in [3.63, 3.8) is 0 Å². The van der Waals surface area contributed by atoms with Gasteiger partial charge in [0.25, 0.3) is 0 Å². The third kappa shape index (κ3) is 24.6. The van der Waals surface area contributed by atoms with Crippen LogP contribution in [-0.4, -0.2) is 28.6 Å². The zero-order chi connectivity index (χ0) is 31.8. The van der Waals surface area contributed by atoms with E-state index in [2.05, 4.69) is 49.9 Å². The molecule has 1 unspecified atom stereocenters. The van der Waals surface area contributed by atoms with Gasteiger partial charge in [-0.15, -0.1) is 0 Å². The van der Waals surface area contributed by atoms with Crippen LogP contribution in [0.15, 0.2) is 12.4 Å². The van der Waals surface area contributed by atoms with Gasteiger partial charge < -0.3 is 9.80 Å². The summed E-state index contributed by atoms with van der Waals surface area (Å²) in [7, 11) is 0. The van der Waals surface area contributed by atoms with Crippen molar-refractivity contribution in [1.82, 2.24) is 9.80 Å². The molecular weight excluding hydrogens is 532 g/mol.